The number of nitrogens with one attached hydrogen (secondary N) is 1. The molecule has 2 N–H and O–H groups in total. The summed E-state index contributed by atoms with van der Waals surface area (Å²) in [6.45, 7) is 0. The third-order valence-corrected chi connectivity index (χ3v) is 4.05. The second-order valence-electron chi connectivity index (χ2n) is 5.18. The molecule has 0 bridgehead atoms. The standard InChI is InChI=1S/C14H14FNO3/c15-8-5-6-11-10(7-8)14(19,13(18)16-11)9-3-1-2-4-12(9)17/h5-7,9,19H,1-4H2,(H,16,18). The van der Waals surface area contributed by atoms with E-state index in [1.165, 1.54) is 12.1 Å². The van der Waals surface area contributed by atoms with E-state index < -0.39 is 23.2 Å². The van der Waals surface area contributed by atoms with Crippen molar-refractivity contribution in [1.82, 2.24) is 0 Å². The fourth-order valence-electron chi connectivity index (χ4n) is 3.05. The molecule has 2 unspecified atom stereocenters. The minimum atomic E-state index is -1.92. The summed E-state index contributed by atoms with van der Waals surface area (Å²) in [6.07, 6.45) is 2.39. The SMILES string of the molecule is O=C1CCCCC1C1(O)C(=O)Nc2ccc(F)cc21. The highest BCUT2D eigenvalue weighted by molar-refractivity contribution is 6.08. The van der Waals surface area contributed by atoms with Crippen molar-refractivity contribution < 1.29 is 19.1 Å². The summed E-state index contributed by atoms with van der Waals surface area (Å²) in [5, 5.41) is 13.3. The number of benzene rings is 1. The number of fused-ring (bicyclic) bond motifs is 1. The summed E-state index contributed by atoms with van der Waals surface area (Å²) in [4.78, 5) is 24.1. The van der Waals surface area contributed by atoms with E-state index in [1.54, 1.807) is 0 Å². The minimum Gasteiger partial charge on any atom is -0.375 e. The molecule has 1 fully saturated rings. The van der Waals surface area contributed by atoms with Crippen LogP contribution < -0.4 is 5.32 Å². The molecule has 4 nitrogen and oxygen atoms in total. The van der Waals surface area contributed by atoms with Crippen LogP contribution in [0.2, 0.25) is 0 Å². The number of anilines is 1. The van der Waals surface area contributed by atoms with Crippen LogP contribution in [-0.2, 0) is 15.2 Å². The van der Waals surface area contributed by atoms with Crippen LogP contribution in [0.1, 0.15) is 31.2 Å². The average Bonchev–Trinajstić information content (AvgIpc) is 2.64. The lowest BCUT2D eigenvalue weighted by Crippen LogP contribution is -2.46. The molecule has 5 heteroatoms. The fourth-order valence-corrected chi connectivity index (χ4v) is 3.05. The lowest BCUT2D eigenvalue weighted by Gasteiger charge is -2.32. The molecule has 100 valence electrons. The van der Waals surface area contributed by atoms with Gasteiger partial charge in [-0.3, -0.25) is 9.59 Å². The Labute approximate surface area is 109 Å². The molecule has 1 aliphatic carbocycles. The number of ketones is 1. The van der Waals surface area contributed by atoms with Gasteiger partial charge in [-0.15, -0.1) is 0 Å². The van der Waals surface area contributed by atoms with Crippen LogP contribution in [0.25, 0.3) is 0 Å². The van der Waals surface area contributed by atoms with Gasteiger partial charge in [0.2, 0.25) is 0 Å². The van der Waals surface area contributed by atoms with Gasteiger partial charge in [-0.2, -0.15) is 0 Å². The molecule has 3 rings (SSSR count). The van der Waals surface area contributed by atoms with Gasteiger partial charge in [0, 0.05) is 17.7 Å². The zero-order valence-electron chi connectivity index (χ0n) is 10.3. The minimum absolute atomic E-state index is 0.124. The van der Waals surface area contributed by atoms with Gasteiger partial charge in [-0.05, 0) is 31.0 Å². The molecule has 2 aliphatic rings. The summed E-state index contributed by atoms with van der Waals surface area (Å²) >= 11 is 0. The van der Waals surface area contributed by atoms with Crippen molar-refractivity contribution in [2.45, 2.75) is 31.3 Å². The Kier molecular flexibility index (Phi) is 2.67. The first-order valence-electron chi connectivity index (χ1n) is 6.40. The van der Waals surface area contributed by atoms with Crippen LogP contribution in [0.15, 0.2) is 18.2 Å². The molecule has 1 amide bonds. The van der Waals surface area contributed by atoms with E-state index >= 15 is 0 Å². The van der Waals surface area contributed by atoms with Crippen molar-refractivity contribution >= 4 is 17.4 Å². The monoisotopic (exact) mass is 263 g/mol. The van der Waals surface area contributed by atoms with Gasteiger partial charge in [-0.25, -0.2) is 4.39 Å². The number of halogens is 1. The average molecular weight is 263 g/mol. The van der Waals surface area contributed by atoms with Crippen molar-refractivity contribution in [3.63, 3.8) is 0 Å². The van der Waals surface area contributed by atoms with Gasteiger partial charge in [0.15, 0.2) is 5.60 Å². The summed E-state index contributed by atoms with van der Waals surface area (Å²) in [7, 11) is 0. The number of hydrogen-bond donors (Lipinski definition) is 2. The maximum atomic E-state index is 13.4. The van der Waals surface area contributed by atoms with Gasteiger partial charge >= 0.3 is 0 Å². The highest BCUT2D eigenvalue weighted by atomic mass is 19.1. The molecule has 0 spiro atoms. The van der Waals surface area contributed by atoms with E-state index in [0.717, 1.165) is 18.9 Å². The molecule has 1 saturated carbocycles. The topological polar surface area (TPSA) is 66.4 Å². The van der Waals surface area contributed by atoms with Crippen molar-refractivity contribution in [3.8, 4) is 0 Å². The third-order valence-electron chi connectivity index (χ3n) is 4.05. The van der Waals surface area contributed by atoms with Crippen LogP contribution in [0.5, 0.6) is 0 Å². The molecule has 1 aromatic carbocycles. The molecule has 1 aliphatic heterocycles. The van der Waals surface area contributed by atoms with Gasteiger partial charge in [0.1, 0.15) is 11.6 Å². The molecular weight excluding hydrogens is 249 g/mol. The van der Waals surface area contributed by atoms with Gasteiger partial charge in [0.05, 0.1) is 5.92 Å². The summed E-state index contributed by atoms with van der Waals surface area (Å²) in [5.41, 5.74) is -1.36. The van der Waals surface area contributed by atoms with Crippen LogP contribution >= 0.6 is 0 Å². The Morgan fingerprint density at radius 3 is 2.84 bits per heavy atom. The van der Waals surface area contributed by atoms with E-state index in [0.29, 0.717) is 18.5 Å². The second-order valence-corrected chi connectivity index (χ2v) is 5.18. The van der Waals surface area contributed by atoms with Crippen molar-refractivity contribution in [2.24, 2.45) is 5.92 Å². The largest absolute Gasteiger partial charge is 0.375 e. The van der Waals surface area contributed by atoms with Crippen molar-refractivity contribution in [2.75, 3.05) is 5.32 Å². The maximum absolute atomic E-state index is 13.4. The van der Waals surface area contributed by atoms with Crippen LogP contribution in [0.4, 0.5) is 10.1 Å². The number of carbonyl (C=O) groups excluding carboxylic acids is 2. The van der Waals surface area contributed by atoms with Gasteiger partial charge in [0.25, 0.3) is 5.91 Å². The van der Waals surface area contributed by atoms with E-state index in [2.05, 4.69) is 5.32 Å². The van der Waals surface area contributed by atoms with Crippen molar-refractivity contribution in [1.29, 1.82) is 0 Å². The van der Waals surface area contributed by atoms with Crippen LogP contribution in [-0.4, -0.2) is 16.8 Å². The third kappa shape index (κ3) is 1.69. The summed E-state index contributed by atoms with van der Waals surface area (Å²) < 4.78 is 13.4. The number of carbonyl (C=O) groups is 2. The first kappa shape index (κ1) is 12.3. The predicted molar refractivity (Wildman–Crippen MR) is 65.9 cm³/mol. The lowest BCUT2D eigenvalue weighted by molar-refractivity contribution is -0.150. The molecule has 0 saturated heterocycles. The fraction of sp³-hybridized carbons (Fsp3) is 0.429. The summed E-state index contributed by atoms with van der Waals surface area (Å²) in [5.74, 6) is -2.06. The van der Waals surface area contributed by atoms with E-state index in [4.69, 9.17) is 0 Å². The van der Waals surface area contributed by atoms with Gasteiger partial charge in [-0.1, -0.05) is 6.42 Å². The first-order chi connectivity index (χ1) is 9.03. The Bertz CT molecular complexity index is 572. The highest BCUT2D eigenvalue weighted by Crippen LogP contribution is 2.45. The van der Waals surface area contributed by atoms with Crippen LogP contribution in [0, 0.1) is 11.7 Å². The number of aliphatic hydroxyl groups is 1. The number of rotatable bonds is 1. The number of amides is 1. The maximum Gasteiger partial charge on any atom is 0.261 e. The van der Waals surface area contributed by atoms with E-state index in [9.17, 15) is 19.1 Å². The smallest absolute Gasteiger partial charge is 0.261 e. The van der Waals surface area contributed by atoms with Crippen molar-refractivity contribution in [3.05, 3.63) is 29.6 Å². The molecule has 0 radical (unpaired) electrons. The molecular formula is C14H14FNO3. The Morgan fingerprint density at radius 1 is 1.32 bits per heavy atom. The molecule has 1 aromatic rings. The predicted octanol–water partition coefficient (Wildman–Crippen LogP) is 1.72. The van der Waals surface area contributed by atoms with E-state index in [-0.39, 0.29) is 11.3 Å². The van der Waals surface area contributed by atoms with E-state index in [1.807, 2.05) is 0 Å². The number of hydrogen-bond acceptors (Lipinski definition) is 3. The Balaban J connectivity index is 2.10. The quantitative estimate of drug-likeness (QED) is 0.810. The first-order valence-corrected chi connectivity index (χ1v) is 6.40. The van der Waals surface area contributed by atoms with Crippen LogP contribution in [0.3, 0.4) is 0 Å². The lowest BCUT2D eigenvalue weighted by atomic mass is 9.73. The normalized spacial score (nSPS) is 30.1. The summed E-state index contributed by atoms with van der Waals surface area (Å²) in [6, 6.07) is 3.76. The molecule has 1 heterocycles. The molecule has 0 aromatic heterocycles. The number of Topliss-reactive ketones (excluding diaryl/α,β-unsaturated/α-hetero) is 1. The Morgan fingerprint density at radius 2 is 2.11 bits per heavy atom. The Hall–Kier alpha value is -1.75. The molecule has 2 atom stereocenters. The molecule has 19 heavy (non-hydrogen) atoms. The van der Waals surface area contributed by atoms with Gasteiger partial charge < -0.3 is 10.4 Å². The highest BCUT2D eigenvalue weighted by Gasteiger charge is 2.54. The second kappa shape index (κ2) is 4.13. The zero-order chi connectivity index (χ0) is 13.6. The zero-order valence-corrected chi connectivity index (χ0v) is 10.3.